The van der Waals surface area contributed by atoms with E-state index in [4.69, 9.17) is 4.42 Å². The summed E-state index contributed by atoms with van der Waals surface area (Å²) >= 11 is 0. The van der Waals surface area contributed by atoms with Crippen LogP contribution in [0.25, 0.3) is 0 Å². The van der Waals surface area contributed by atoms with E-state index in [0.29, 0.717) is 23.5 Å². The number of furan rings is 1. The van der Waals surface area contributed by atoms with E-state index in [-0.39, 0.29) is 29.8 Å². The van der Waals surface area contributed by atoms with Crippen LogP contribution >= 0.6 is 0 Å². The van der Waals surface area contributed by atoms with Crippen LogP contribution in [0.4, 0.5) is 17.1 Å². The molecule has 0 unspecified atom stereocenters. The maximum atomic E-state index is 12.2. The van der Waals surface area contributed by atoms with E-state index in [2.05, 4.69) is 16.0 Å². The largest absolute Gasteiger partial charge is 0.459 e. The lowest BCUT2D eigenvalue weighted by atomic mass is 10.2. The molecule has 0 radical (unpaired) electrons. The number of nitro groups is 1. The van der Waals surface area contributed by atoms with Gasteiger partial charge in [0.25, 0.3) is 17.5 Å². The van der Waals surface area contributed by atoms with Gasteiger partial charge in [-0.2, -0.15) is 0 Å². The first-order valence-corrected chi connectivity index (χ1v) is 8.75. The third-order valence-electron chi connectivity index (χ3n) is 3.98. The lowest BCUT2D eigenvalue weighted by Crippen LogP contribution is -2.28. The first-order chi connectivity index (χ1) is 14.0. The molecular formula is C20H18N4O5. The molecule has 148 valence electrons. The molecular weight excluding hydrogens is 376 g/mol. The fourth-order valence-corrected chi connectivity index (χ4v) is 2.56. The Labute approximate surface area is 165 Å². The molecule has 0 bridgehead atoms. The zero-order chi connectivity index (χ0) is 20.6. The number of rotatable bonds is 8. The second-order valence-electron chi connectivity index (χ2n) is 5.97. The molecule has 0 aliphatic carbocycles. The summed E-state index contributed by atoms with van der Waals surface area (Å²) in [6.45, 7) is 0.607. The second-order valence-corrected chi connectivity index (χ2v) is 5.97. The Morgan fingerprint density at radius 3 is 2.38 bits per heavy atom. The van der Waals surface area contributed by atoms with Crippen molar-refractivity contribution in [3.05, 3.63) is 88.4 Å². The van der Waals surface area contributed by atoms with E-state index < -0.39 is 4.92 Å². The van der Waals surface area contributed by atoms with Crippen LogP contribution < -0.4 is 16.0 Å². The molecule has 0 aliphatic heterocycles. The summed E-state index contributed by atoms with van der Waals surface area (Å²) in [6, 6.07) is 15.9. The number of nitrogens with one attached hydrogen (secondary N) is 3. The highest BCUT2D eigenvalue weighted by Gasteiger charge is 2.12. The number of hydrogen-bond acceptors (Lipinski definition) is 6. The van der Waals surface area contributed by atoms with Gasteiger partial charge in [0.1, 0.15) is 5.69 Å². The average Bonchev–Trinajstić information content (AvgIpc) is 3.27. The standard InChI is InChI=1S/C20H18N4O5/c25-19(22-12-11-21-16-4-1-2-5-17(16)24(27)28)14-7-9-15(10-8-14)23-20(26)18-6-3-13-29-18/h1-10,13,21H,11-12H2,(H,22,25)(H,23,26). The normalized spacial score (nSPS) is 10.2. The summed E-state index contributed by atoms with van der Waals surface area (Å²) in [5, 5.41) is 19.3. The predicted molar refractivity (Wildman–Crippen MR) is 107 cm³/mol. The molecule has 0 atom stereocenters. The minimum absolute atomic E-state index is 0.0222. The molecule has 9 nitrogen and oxygen atoms in total. The lowest BCUT2D eigenvalue weighted by Gasteiger charge is -2.09. The van der Waals surface area contributed by atoms with E-state index in [1.54, 1.807) is 54.6 Å². The molecule has 1 aromatic heterocycles. The summed E-state index contributed by atoms with van der Waals surface area (Å²) < 4.78 is 5.02. The van der Waals surface area contributed by atoms with Crippen molar-refractivity contribution in [2.45, 2.75) is 0 Å². The van der Waals surface area contributed by atoms with Gasteiger partial charge in [-0.15, -0.1) is 0 Å². The Kier molecular flexibility index (Phi) is 6.21. The van der Waals surface area contributed by atoms with Crippen LogP contribution in [-0.2, 0) is 0 Å². The number of hydrogen-bond donors (Lipinski definition) is 3. The molecule has 0 fully saturated rings. The van der Waals surface area contributed by atoms with Gasteiger partial charge in [0.05, 0.1) is 11.2 Å². The number of carbonyl (C=O) groups excluding carboxylic acids is 2. The maximum absolute atomic E-state index is 12.2. The van der Waals surface area contributed by atoms with Crippen LogP contribution in [0.3, 0.4) is 0 Å². The summed E-state index contributed by atoms with van der Waals surface area (Å²) in [7, 11) is 0. The number of para-hydroxylation sites is 2. The predicted octanol–water partition coefficient (Wildman–Crippen LogP) is 3.28. The zero-order valence-corrected chi connectivity index (χ0v) is 15.3. The Hall–Kier alpha value is -4.14. The third-order valence-corrected chi connectivity index (χ3v) is 3.98. The topological polar surface area (TPSA) is 127 Å². The molecule has 0 aliphatic rings. The van der Waals surface area contributed by atoms with E-state index in [1.165, 1.54) is 12.3 Å². The lowest BCUT2D eigenvalue weighted by molar-refractivity contribution is -0.384. The molecule has 3 rings (SSSR count). The van der Waals surface area contributed by atoms with Crippen LogP contribution in [-0.4, -0.2) is 29.8 Å². The monoisotopic (exact) mass is 394 g/mol. The van der Waals surface area contributed by atoms with E-state index in [0.717, 1.165) is 0 Å². The van der Waals surface area contributed by atoms with Crippen LogP contribution in [0.5, 0.6) is 0 Å². The minimum Gasteiger partial charge on any atom is -0.459 e. The number of benzene rings is 2. The zero-order valence-electron chi connectivity index (χ0n) is 15.3. The van der Waals surface area contributed by atoms with Crippen LogP contribution in [0.1, 0.15) is 20.9 Å². The van der Waals surface area contributed by atoms with E-state index in [1.807, 2.05) is 0 Å². The van der Waals surface area contributed by atoms with Crippen LogP contribution in [0.15, 0.2) is 71.3 Å². The fourth-order valence-electron chi connectivity index (χ4n) is 2.56. The number of carbonyl (C=O) groups is 2. The molecule has 1 heterocycles. The first kappa shape index (κ1) is 19.6. The molecule has 2 aromatic carbocycles. The molecule has 29 heavy (non-hydrogen) atoms. The van der Waals surface area contributed by atoms with Crippen molar-refractivity contribution in [2.24, 2.45) is 0 Å². The molecule has 0 saturated carbocycles. The second kappa shape index (κ2) is 9.18. The quantitative estimate of drug-likeness (QED) is 0.306. The Balaban J connectivity index is 1.47. The molecule has 3 aromatic rings. The molecule has 0 saturated heterocycles. The van der Waals surface area contributed by atoms with Crippen molar-refractivity contribution in [2.75, 3.05) is 23.7 Å². The molecule has 9 heteroatoms. The number of nitrogens with zero attached hydrogens (tertiary/aromatic N) is 1. The third kappa shape index (κ3) is 5.19. The van der Waals surface area contributed by atoms with E-state index >= 15 is 0 Å². The number of nitro benzene ring substituents is 1. The average molecular weight is 394 g/mol. The number of amides is 2. The van der Waals surface area contributed by atoms with Gasteiger partial charge in [-0.1, -0.05) is 12.1 Å². The highest BCUT2D eigenvalue weighted by atomic mass is 16.6. The van der Waals surface area contributed by atoms with Gasteiger partial charge in [-0.05, 0) is 42.5 Å². The Morgan fingerprint density at radius 1 is 0.931 bits per heavy atom. The highest BCUT2D eigenvalue weighted by Crippen LogP contribution is 2.22. The van der Waals surface area contributed by atoms with Gasteiger partial charge in [-0.25, -0.2) is 0 Å². The Morgan fingerprint density at radius 2 is 1.69 bits per heavy atom. The van der Waals surface area contributed by atoms with Crippen molar-refractivity contribution >= 4 is 28.9 Å². The van der Waals surface area contributed by atoms with Crippen molar-refractivity contribution in [1.29, 1.82) is 0 Å². The number of anilines is 2. The molecule has 3 N–H and O–H groups in total. The van der Waals surface area contributed by atoms with Crippen molar-refractivity contribution in [1.82, 2.24) is 5.32 Å². The van der Waals surface area contributed by atoms with Gasteiger partial charge in [0.2, 0.25) is 0 Å². The smallest absolute Gasteiger partial charge is 0.292 e. The van der Waals surface area contributed by atoms with Crippen LogP contribution in [0, 0.1) is 10.1 Å². The minimum atomic E-state index is -0.465. The van der Waals surface area contributed by atoms with Crippen molar-refractivity contribution in [3.8, 4) is 0 Å². The summed E-state index contributed by atoms with van der Waals surface area (Å²) in [5.41, 5.74) is 1.32. The van der Waals surface area contributed by atoms with Gasteiger partial charge >= 0.3 is 0 Å². The van der Waals surface area contributed by atoms with Gasteiger partial charge in [0, 0.05) is 30.4 Å². The highest BCUT2D eigenvalue weighted by molar-refractivity contribution is 6.02. The summed E-state index contributed by atoms with van der Waals surface area (Å²) in [6.07, 6.45) is 1.41. The van der Waals surface area contributed by atoms with Crippen molar-refractivity contribution < 1.29 is 18.9 Å². The first-order valence-electron chi connectivity index (χ1n) is 8.75. The maximum Gasteiger partial charge on any atom is 0.292 e. The van der Waals surface area contributed by atoms with Crippen molar-refractivity contribution in [3.63, 3.8) is 0 Å². The fraction of sp³-hybridized carbons (Fsp3) is 0.100. The van der Waals surface area contributed by atoms with Gasteiger partial charge < -0.3 is 20.4 Å². The van der Waals surface area contributed by atoms with Gasteiger partial charge in [0.15, 0.2) is 5.76 Å². The van der Waals surface area contributed by atoms with Gasteiger partial charge in [-0.3, -0.25) is 19.7 Å². The molecule has 2 amide bonds. The molecule has 0 spiro atoms. The van der Waals surface area contributed by atoms with Crippen LogP contribution in [0.2, 0.25) is 0 Å². The summed E-state index contributed by atoms with van der Waals surface area (Å²) in [5.74, 6) is -0.482. The SMILES string of the molecule is O=C(NCCNc1ccccc1[N+](=O)[O-])c1ccc(NC(=O)c2ccco2)cc1. The summed E-state index contributed by atoms with van der Waals surface area (Å²) in [4.78, 5) is 34.6. The Bertz CT molecular complexity index is 1000. The van der Waals surface area contributed by atoms with E-state index in [9.17, 15) is 19.7 Å².